The van der Waals surface area contributed by atoms with Gasteiger partial charge in [0.15, 0.2) is 0 Å². The molecule has 3 nitrogen and oxygen atoms in total. The average molecular weight is 154 g/mol. The van der Waals surface area contributed by atoms with Crippen LogP contribution in [0.3, 0.4) is 0 Å². The molecule has 2 rings (SSSR count). The largest absolute Gasteiger partial charge is 0.437 e. The smallest absolute Gasteiger partial charge is 0.376 e. The number of nitrogens with one attached hydrogen (secondary N) is 1. The van der Waals surface area contributed by atoms with Gasteiger partial charge in [0, 0.05) is 18.6 Å². The van der Waals surface area contributed by atoms with E-state index in [9.17, 15) is 5.02 Å². The summed E-state index contributed by atoms with van der Waals surface area (Å²) in [6.07, 6.45) is 2.42. The Morgan fingerprint density at radius 1 is 1.64 bits per heavy atom. The molecule has 0 aromatic rings. The third-order valence-electron chi connectivity index (χ3n) is 2.88. The van der Waals surface area contributed by atoms with E-state index in [1.54, 1.807) is 0 Å². The summed E-state index contributed by atoms with van der Waals surface area (Å²) in [7, 11) is -0.263. The van der Waals surface area contributed by atoms with Crippen LogP contribution >= 0.6 is 0 Å². The second kappa shape index (κ2) is 2.77. The molecule has 2 aliphatic heterocycles. The molecular weight excluding hydrogens is 139 g/mol. The van der Waals surface area contributed by atoms with Crippen LogP contribution in [0.25, 0.3) is 0 Å². The number of fused-ring (bicyclic) bond motifs is 2. The van der Waals surface area contributed by atoms with Crippen LogP contribution in [-0.2, 0) is 0 Å². The van der Waals surface area contributed by atoms with Crippen LogP contribution in [0.1, 0.15) is 12.8 Å². The van der Waals surface area contributed by atoms with Crippen molar-refractivity contribution in [3.63, 3.8) is 0 Å². The summed E-state index contributed by atoms with van der Waals surface area (Å²) in [5.41, 5.74) is 0. The first-order valence-electron chi connectivity index (χ1n) is 4.44. The summed E-state index contributed by atoms with van der Waals surface area (Å²) < 4.78 is 0. The standard InChI is InChI=1S/C7H15BN2O/c1-8(11)10-3-2-6-4-7(10)5-9-6/h6-7,9,11H,2-5H2,1H3. The van der Waals surface area contributed by atoms with E-state index in [2.05, 4.69) is 10.1 Å². The normalized spacial score (nSPS) is 37.6. The summed E-state index contributed by atoms with van der Waals surface area (Å²) in [5.74, 6) is 0. The molecule has 2 saturated heterocycles. The van der Waals surface area contributed by atoms with Gasteiger partial charge in [-0.3, -0.25) is 0 Å². The van der Waals surface area contributed by atoms with Gasteiger partial charge in [0.1, 0.15) is 0 Å². The van der Waals surface area contributed by atoms with Crippen LogP contribution in [0.2, 0.25) is 6.82 Å². The fourth-order valence-electron chi connectivity index (χ4n) is 2.25. The number of rotatable bonds is 1. The van der Waals surface area contributed by atoms with E-state index in [4.69, 9.17) is 0 Å². The van der Waals surface area contributed by atoms with Crippen molar-refractivity contribution < 1.29 is 5.02 Å². The maximum Gasteiger partial charge on any atom is 0.376 e. The van der Waals surface area contributed by atoms with E-state index in [0.717, 1.165) is 19.1 Å². The van der Waals surface area contributed by atoms with Crippen LogP contribution in [0.4, 0.5) is 0 Å². The van der Waals surface area contributed by atoms with E-state index in [0.29, 0.717) is 6.04 Å². The molecule has 0 spiro atoms. The summed E-state index contributed by atoms with van der Waals surface area (Å²) in [6, 6.07) is 1.32. The van der Waals surface area contributed by atoms with Gasteiger partial charge in [-0.05, 0) is 26.2 Å². The molecule has 2 heterocycles. The Labute approximate surface area is 67.9 Å². The van der Waals surface area contributed by atoms with Crippen LogP contribution in [-0.4, -0.2) is 42.1 Å². The number of piperidine rings is 1. The van der Waals surface area contributed by atoms with Gasteiger partial charge in [0.05, 0.1) is 0 Å². The zero-order chi connectivity index (χ0) is 7.84. The van der Waals surface area contributed by atoms with Crippen molar-refractivity contribution in [1.29, 1.82) is 0 Å². The Bertz CT molecular complexity index is 153. The van der Waals surface area contributed by atoms with Gasteiger partial charge in [-0.15, -0.1) is 0 Å². The molecule has 2 N–H and O–H groups in total. The summed E-state index contributed by atoms with van der Waals surface area (Å²) in [6.45, 7) is 3.98. The number of hydrogen-bond donors (Lipinski definition) is 2. The molecule has 62 valence electrons. The number of nitrogens with zero attached hydrogens (tertiary/aromatic N) is 1. The van der Waals surface area contributed by atoms with E-state index in [1.807, 2.05) is 6.82 Å². The minimum atomic E-state index is -0.263. The summed E-state index contributed by atoms with van der Waals surface area (Å²) in [5, 5.41) is 12.8. The van der Waals surface area contributed by atoms with Gasteiger partial charge >= 0.3 is 7.05 Å². The lowest BCUT2D eigenvalue weighted by atomic mass is 9.80. The maximum atomic E-state index is 9.40. The molecule has 4 heteroatoms. The fourth-order valence-corrected chi connectivity index (χ4v) is 2.25. The van der Waals surface area contributed by atoms with Gasteiger partial charge < -0.3 is 15.2 Å². The highest BCUT2D eigenvalue weighted by Crippen LogP contribution is 2.22. The molecule has 0 saturated carbocycles. The molecule has 2 aliphatic rings. The van der Waals surface area contributed by atoms with Crippen molar-refractivity contribution in [2.24, 2.45) is 0 Å². The minimum absolute atomic E-state index is 0.263. The number of hydrogen-bond acceptors (Lipinski definition) is 3. The van der Waals surface area contributed by atoms with Crippen LogP contribution in [0.5, 0.6) is 0 Å². The molecule has 0 aromatic heterocycles. The molecule has 0 aromatic carbocycles. The Balaban J connectivity index is 2.01. The van der Waals surface area contributed by atoms with Crippen LogP contribution in [0, 0.1) is 0 Å². The minimum Gasteiger partial charge on any atom is -0.437 e. The monoisotopic (exact) mass is 154 g/mol. The van der Waals surface area contributed by atoms with Crippen molar-refractivity contribution in [3.8, 4) is 0 Å². The molecule has 0 radical (unpaired) electrons. The van der Waals surface area contributed by atoms with Gasteiger partial charge in [0.2, 0.25) is 0 Å². The molecule has 2 fully saturated rings. The zero-order valence-electron chi connectivity index (χ0n) is 6.95. The highest BCUT2D eigenvalue weighted by Gasteiger charge is 2.36. The van der Waals surface area contributed by atoms with E-state index >= 15 is 0 Å². The molecule has 0 aliphatic carbocycles. The van der Waals surface area contributed by atoms with Crippen LogP contribution in [0.15, 0.2) is 0 Å². The molecule has 2 atom stereocenters. The topological polar surface area (TPSA) is 35.5 Å². The lowest BCUT2D eigenvalue weighted by molar-refractivity contribution is 0.257. The van der Waals surface area contributed by atoms with Gasteiger partial charge in [0.25, 0.3) is 0 Å². The van der Waals surface area contributed by atoms with E-state index < -0.39 is 0 Å². The quantitative estimate of drug-likeness (QED) is 0.501. The van der Waals surface area contributed by atoms with Gasteiger partial charge in [-0.2, -0.15) is 0 Å². The third kappa shape index (κ3) is 1.30. The van der Waals surface area contributed by atoms with Crippen molar-refractivity contribution in [3.05, 3.63) is 0 Å². The highest BCUT2D eigenvalue weighted by atomic mass is 16.2. The highest BCUT2D eigenvalue weighted by molar-refractivity contribution is 6.45. The lowest BCUT2D eigenvalue weighted by Gasteiger charge is -2.32. The SMILES string of the molecule is CB(O)N1CCC2CC1CN2. The van der Waals surface area contributed by atoms with Crippen molar-refractivity contribution in [2.45, 2.75) is 31.7 Å². The fraction of sp³-hybridized carbons (Fsp3) is 1.00. The average Bonchev–Trinajstić information content (AvgIpc) is 2.32. The van der Waals surface area contributed by atoms with Crippen molar-refractivity contribution in [2.75, 3.05) is 13.1 Å². The third-order valence-corrected chi connectivity index (χ3v) is 2.88. The Morgan fingerprint density at radius 3 is 3.18 bits per heavy atom. The second-order valence-corrected chi connectivity index (χ2v) is 3.65. The predicted molar refractivity (Wildman–Crippen MR) is 45.4 cm³/mol. The predicted octanol–water partition coefficient (Wildman–Crippen LogP) is -0.467. The maximum absolute atomic E-state index is 9.40. The molecule has 2 unspecified atom stereocenters. The molecule has 11 heavy (non-hydrogen) atoms. The lowest BCUT2D eigenvalue weighted by Crippen LogP contribution is -2.48. The molecular formula is C7H15BN2O. The van der Waals surface area contributed by atoms with Crippen molar-refractivity contribution >= 4 is 7.05 Å². The second-order valence-electron chi connectivity index (χ2n) is 3.65. The first kappa shape index (κ1) is 7.59. The Hall–Kier alpha value is -0.0551. The van der Waals surface area contributed by atoms with Gasteiger partial charge in [-0.1, -0.05) is 0 Å². The Kier molecular flexibility index (Phi) is 1.91. The summed E-state index contributed by atoms with van der Waals surface area (Å²) in [4.78, 5) is 2.19. The van der Waals surface area contributed by atoms with Crippen LogP contribution < -0.4 is 5.32 Å². The Morgan fingerprint density at radius 2 is 2.45 bits per heavy atom. The molecule has 2 bridgehead atoms. The zero-order valence-corrected chi connectivity index (χ0v) is 6.95. The van der Waals surface area contributed by atoms with E-state index in [1.165, 1.54) is 12.8 Å². The first-order chi connectivity index (χ1) is 5.27. The van der Waals surface area contributed by atoms with Gasteiger partial charge in [-0.25, -0.2) is 0 Å². The molecule has 0 amide bonds. The van der Waals surface area contributed by atoms with Crippen molar-refractivity contribution in [1.82, 2.24) is 10.1 Å². The van der Waals surface area contributed by atoms with E-state index in [-0.39, 0.29) is 7.05 Å². The first-order valence-corrected chi connectivity index (χ1v) is 4.44. The summed E-state index contributed by atoms with van der Waals surface area (Å²) >= 11 is 0.